The molecule has 0 aliphatic heterocycles. The van der Waals surface area contributed by atoms with Gasteiger partial charge in [0, 0.05) is 6.42 Å². The third-order valence-electron chi connectivity index (χ3n) is 12.5. The Balaban J connectivity index is 4.67. The quantitative estimate of drug-likeness (QED) is 0.0321. The van der Waals surface area contributed by atoms with Crippen LogP contribution in [0, 0.1) is 0 Å². The van der Waals surface area contributed by atoms with Gasteiger partial charge in [-0.2, -0.15) is 0 Å². The molecule has 0 aromatic rings. The Morgan fingerprint density at radius 2 is 0.818 bits per heavy atom. The Morgan fingerprint density at radius 1 is 0.455 bits per heavy atom. The minimum atomic E-state index is -0.801. The van der Waals surface area contributed by atoms with Gasteiger partial charge in [-0.05, 0) is 89.9 Å². The predicted octanol–water partition coefficient (Wildman–Crippen LogP) is 17.3. The van der Waals surface area contributed by atoms with Crippen molar-refractivity contribution in [1.29, 1.82) is 0 Å². The van der Waals surface area contributed by atoms with Crippen LogP contribution in [0.2, 0.25) is 0 Å². The number of aliphatic hydroxyl groups is 2. The number of hydrogen-bond donors (Lipinski definition) is 3. The molecule has 0 radical (unpaired) electrons. The molecule has 0 aliphatic carbocycles. The minimum absolute atomic E-state index is 0.0504. The van der Waals surface area contributed by atoms with E-state index in [1.54, 1.807) is 0 Å². The highest BCUT2D eigenvalue weighted by molar-refractivity contribution is 5.77. The molecular weight excluding hydrogens is 815 g/mol. The fourth-order valence-corrected chi connectivity index (χ4v) is 8.29. The summed E-state index contributed by atoms with van der Waals surface area (Å²) in [6.07, 6.45) is 68.2. The van der Waals surface area contributed by atoms with Crippen LogP contribution >= 0.6 is 0 Å². The van der Waals surface area contributed by atoms with Gasteiger partial charge in [0.15, 0.2) is 0 Å². The number of carbonyl (C=O) groups excluding carboxylic acids is 2. The third kappa shape index (κ3) is 47.8. The second-order valence-electron chi connectivity index (χ2n) is 19.0. The standard InChI is InChI=1S/C60H107NO5/c1-4-7-10-13-16-19-22-25-27-29-31-34-36-39-42-45-48-51-56(66-60(65)53-50-47-44-41-38-35-32-30-28-26-23-20-17-14-11-8-5-2)54-59(64)61-57(55-62)58(63)52-49-46-43-40-37-33-24-21-18-15-12-9-6-3/h8,11,17,20,25-28,32,35,41,44,56-58,62-63H,4-7,9-10,12-16,18-19,21-24,29-31,33-34,36-40,42-43,45-55H2,1-3H3,(H,61,64)/b11-8-,20-17-,27-25+,28-26-,35-32-,44-41-. The lowest BCUT2D eigenvalue weighted by molar-refractivity contribution is -0.151. The van der Waals surface area contributed by atoms with Crippen LogP contribution in [0.4, 0.5) is 0 Å². The maximum Gasteiger partial charge on any atom is 0.306 e. The highest BCUT2D eigenvalue weighted by Gasteiger charge is 2.24. The summed E-state index contributed by atoms with van der Waals surface area (Å²) < 4.78 is 5.93. The molecule has 0 bridgehead atoms. The molecular formula is C60H107NO5. The summed E-state index contributed by atoms with van der Waals surface area (Å²) >= 11 is 0. The molecule has 6 nitrogen and oxygen atoms in total. The van der Waals surface area contributed by atoms with Crippen LogP contribution in [0.25, 0.3) is 0 Å². The number of rotatable bonds is 50. The van der Waals surface area contributed by atoms with Gasteiger partial charge < -0.3 is 20.3 Å². The molecule has 3 atom stereocenters. The van der Waals surface area contributed by atoms with Gasteiger partial charge in [0.25, 0.3) is 0 Å². The number of carbonyl (C=O) groups is 2. The van der Waals surface area contributed by atoms with Crippen LogP contribution in [-0.2, 0) is 14.3 Å². The van der Waals surface area contributed by atoms with E-state index in [1.807, 2.05) is 0 Å². The fourth-order valence-electron chi connectivity index (χ4n) is 8.29. The molecule has 0 rings (SSSR count). The lowest BCUT2D eigenvalue weighted by Crippen LogP contribution is -2.46. The molecule has 0 heterocycles. The first-order chi connectivity index (χ1) is 32.5. The zero-order valence-corrected chi connectivity index (χ0v) is 43.6. The summed E-state index contributed by atoms with van der Waals surface area (Å²) in [5.41, 5.74) is 0. The second kappa shape index (κ2) is 53.3. The first-order valence-electron chi connectivity index (χ1n) is 28.2. The van der Waals surface area contributed by atoms with Crippen molar-refractivity contribution in [2.75, 3.05) is 6.61 Å². The van der Waals surface area contributed by atoms with Gasteiger partial charge in [-0.15, -0.1) is 0 Å². The van der Waals surface area contributed by atoms with Crippen molar-refractivity contribution in [1.82, 2.24) is 5.32 Å². The Kier molecular flexibility index (Phi) is 51.1. The zero-order chi connectivity index (χ0) is 48.1. The topological polar surface area (TPSA) is 95.9 Å². The van der Waals surface area contributed by atoms with E-state index in [0.717, 1.165) is 77.0 Å². The molecule has 0 aromatic heterocycles. The normalized spacial score (nSPS) is 13.7. The van der Waals surface area contributed by atoms with Gasteiger partial charge in [-0.1, -0.05) is 241 Å². The molecule has 3 N–H and O–H groups in total. The van der Waals surface area contributed by atoms with Crippen LogP contribution in [0.15, 0.2) is 72.9 Å². The average molecular weight is 923 g/mol. The van der Waals surface area contributed by atoms with E-state index in [2.05, 4.69) is 99.0 Å². The summed E-state index contributed by atoms with van der Waals surface area (Å²) in [5.74, 6) is -0.543. The zero-order valence-electron chi connectivity index (χ0n) is 43.6. The summed E-state index contributed by atoms with van der Waals surface area (Å²) in [5, 5.41) is 23.8. The number of aliphatic hydroxyl groups excluding tert-OH is 2. The highest BCUT2D eigenvalue weighted by Crippen LogP contribution is 2.18. The van der Waals surface area contributed by atoms with Crippen LogP contribution in [0.1, 0.15) is 271 Å². The van der Waals surface area contributed by atoms with Gasteiger partial charge in [-0.25, -0.2) is 0 Å². The van der Waals surface area contributed by atoms with Crippen LogP contribution < -0.4 is 5.32 Å². The molecule has 0 fully saturated rings. The van der Waals surface area contributed by atoms with E-state index in [0.29, 0.717) is 25.7 Å². The van der Waals surface area contributed by atoms with Crippen LogP contribution in [0.3, 0.4) is 0 Å². The summed E-state index contributed by atoms with van der Waals surface area (Å²) in [6.45, 7) is 6.37. The Hall–Kier alpha value is -2.70. The average Bonchev–Trinajstić information content (AvgIpc) is 3.31. The van der Waals surface area contributed by atoms with E-state index in [-0.39, 0.29) is 24.9 Å². The van der Waals surface area contributed by atoms with Crippen molar-refractivity contribution in [2.45, 2.75) is 289 Å². The second-order valence-corrected chi connectivity index (χ2v) is 19.0. The molecule has 0 spiro atoms. The Morgan fingerprint density at radius 3 is 1.26 bits per heavy atom. The van der Waals surface area contributed by atoms with E-state index in [9.17, 15) is 19.8 Å². The number of amides is 1. The molecule has 66 heavy (non-hydrogen) atoms. The summed E-state index contributed by atoms with van der Waals surface area (Å²) in [4.78, 5) is 26.2. The molecule has 6 heteroatoms. The van der Waals surface area contributed by atoms with E-state index in [1.165, 1.54) is 141 Å². The molecule has 3 unspecified atom stereocenters. The maximum absolute atomic E-state index is 13.3. The number of nitrogens with one attached hydrogen (secondary N) is 1. The number of ether oxygens (including phenoxy) is 1. The molecule has 0 aromatic carbocycles. The van der Waals surface area contributed by atoms with E-state index < -0.39 is 18.2 Å². The predicted molar refractivity (Wildman–Crippen MR) is 287 cm³/mol. The maximum atomic E-state index is 13.3. The van der Waals surface area contributed by atoms with Crippen molar-refractivity contribution in [3.8, 4) is 0 Å². The number of allylic oxidation sites excluding steroid dienone is 12. The lowest BCUT2D eigenvalue weighted by Gasteiger charge is -2.24. The highest BCUT2D eigenvalue weighted by atomic mass is 16.5. The van der Waals surface area contributed by atoms with E-state index in [4.69, 9.17) is 4.74 Å². The monoisotopic (exact) mass is 922 g/mol. The van der Waals surface area contributed by atoms with Gasteiger partial charge in [0.1, 0.15) is 6.10 Å². The first kappa shape index (κ1) is 63.3. The SMILES string of the molecule is CC/C=C\C/C=C\C/C=C\C/C=C\C/C=C\CCCC(=O)OC(CCCCCCCCC/C=C/CCCCCCCC)CC(=O)NC(CO)C(O)CCCCCCCCCCCCCCC. The smallest absolute Gasteiger partial charge is 0.306 e. The molecule has 0 saturated heterocycles. The van der Waals surface area contributed by atoms with Gasteiger partial charge in [0.05, 0.1) is 25.2 Å². The number of hydrogen-bond acceptors (Lipinski definition) is 5. The first-order valence-corrected chi connectivity index (χ1v) is 28.2. The van der Waals surface area contributed by atoms with Crippen molar-refractivity contribution >= 4 is 11.9 Å². The third-order valence-corrected chi connectivity index (χ3v) is 12.5. The molecule has 0 saturated carbocycles. The number of unbranched alkanes of at least 4 members (excludes halogenated alkanes) is 26. The van der Waals surface area contributed by atoms with Gasteiger partial charge in [0.2, 0.25) is 5.91 Å². The molecule has 382 valence electrons. The lowest BCUT2D eigenvalue weighted by atomic mass is 10.0. The number of esters is 1. The van der Waals surface area contributed by atoms with Crippen molar-refractivity contribution in [2.24, 2.45) is 0 Å². The van der Waals surface area contributed by atoms with E-state index >= 15 is 0 Å². The Labute approximate surface area is 409 Å². The minimum Gasteiger partial charge on any atom is -0.462 e. The van der Waals surface area contributed by atoms with Crippen LogP contribution in [-0.4, -0.2) is 46.9 Å². The van der Waals surface area contributed by atoms with Crippen molar-refractivity contribution in [3.63, 3.8) is 0 Å². The summed E-state index contributed by atoms with van der Waals surface area (Å²) in [7, 11) is 0. The molecule has 0 aliphatic rings. The fraction of sp³-hybridized carbons (Fsp3) is 0.767. The van der Waals surface area contributed by atoms with Crippen molar-refractivity contribution < 1.29 is 24.5 Å². The molecule has 1 amide bonds. The largest absolute Gasteiger partial charge is 0.462 e. The Bertz CT molecular complexity index is 1220. The summed E-state index contributed by atoms with van der Waals surface area (Å²) in [6, 6.07) is -0.717. The van der Waals surface area contributed by atoms with Gasteiger partial charge in [-0.3, -0.25) is 9.59 Å². The van der Waals surface area contributed by atoms with Crippen LogP contribution in [0.5, 0.6) is 0 Å². The van der Waals surface area contributed by atoms with Crippen molar-refractivity contribution in [3.05, 3.63) is 72.9 Å². The van der Waals surface area contributed by atoms with Gasteiger partial charge >= 0.3 is 5.97 Å².